The minimum atomic E-state index is -0.877. The van der Waals surface area contributed by atoms with Gasteiger partial charge in [0.15, 0.2) is 6.29 Å². The van der Waals surface area contributed by atoms with Gasteiger partial charge in [-0.05, 0) is 57.3 Å². The van der Waals surface area contributed by atoms with Crippen molar-refractivity contribution in [1.82, 2.24) is 0 Å². The van der Waals surface area contributed by atoms with Crippen LogP contribution in [0.2, 0.25) is 0 Å². The molecular formula is C19H30O6. The number of aliphatic hydroxyl groups is 3. The van der Waals surface area contributed by atoms with Crippen molar-refractivity contribution < 1.29 is 29.5 Å². The largest absolute Gasteiger partial charge is 0.393 e. The SMILES string of the molecule is CC(O)OCC1O[C@]23C[C@@H]4OC5C(CCC54)CC(O)CC[C@@H]2C[C@]13O. The van der Waals surface area contributed by atoms with E-state index in [-0.39, 0.29) is 30.8 Å². The molecule has 3 saturated heterocycles. The van der Waals surface area contributed by atoms with E-state index in [0.29, 0.717) is 24.4 Å². The van der Waals surface area contributed by atoms with Crippen LogP contribution in [0.15, 0.2) is 0 Å². The van der Waals surface area contributed by atoms with E-state index in [0.717, 1.165) is 32.1 Å². The molecule has 142 valence electrons. The van der Waals surface area contributed by atoms with Crippen molar-refractivity contribution in [2.45, 2.75) is 93.8 Å². The zero-order valence-electron chi connectivity index (χ0n) is 14.8. The number of hydrogen-bond donors (Lipinski definition) is 3. The van der Waals surface area contributed by atoms with Gasteiger partial charge in [-0.25, -0.2) is 0 Å². The molecule has 3 N–H and O–H groups in total. The van der Waals surface area contributed by atoms with Crippen molar-refractivity contribution in [3.8, 4) is 0 Å². The van der Waals surface area contributed by atoms with Gasteiger partial charge in [-0.15, -0.1) is 0 Å². The van der Waals surface area contributed by atoms with Crippen LogP contribution in [0.1, 0.15) is 51.9 Å². The van der Waals surface area contributed by atoms with E-state index in [1.54, 1.807) is 6.92 Å². The third-order valence-electron chi connectivity index (χ3n) is 7.82. The van der Waals surface area contributed by atoms with E-state index in [9.17, 15) is 15.3 Å². The summed E-state index contributed by atoms with van der Waals surface area (Å²) in [6.07, 6.45) is 5.26. The lowest BCUT2D eigenvalue weighted by Crippen LogP contribution is -2.86. The van der Waals surface area contributed by atoms with Crippen molar-refractivity contribution in [3.63, 3.8) is 0 Å². The summed E-state index contributed by atoms with van der Waals surface area (Å²) >= 11 is 0. The van der Waals surface area contributed by atoms with E-state index < -0.39 is 17.5 Å². The van der Waals surface area contributed by atoms with Crippen molar-refractivity contribution in [2.24, 2.45) is 17.8 Å². The number of fused-ring (bicyclic) bond motifs is 2. The minimum absolute atomic E-state index is 0.179. The van der Waals surface area contributed by atoms with Crippen LogP contribution in [0.25, 0.3) is 0 Å². The Hall–Kier alpha value is -0.240. The Bertz CT molecular complexity index is 540. The van der Waals surface area contributed by atoms with Gasteiger partial charge in [0.25, 0.3) is 0 Å². The standard InChI is InChI=1S/C19H30O6/c1-10(20)23-9-16-18(22)7-12-3-4-13(21)6-11-2-5-14-15(24-17(11)14)8-19(12,18)25-16/h10-17,20-22H,2-9H2,1H3/t10?,11?,12-,13?,14?,15+,16?,17?,18+,19-/m1/s1. The third kappa shape index (κ3) is 2.25. The van der Waals surface area contributed by atoms with Crippen LogP contribution in [-0.2, 0) is 14.2 Å². The Kier molecular flexibility index (Phi) is 3.81. The molecule has 0 aromatic rings. The summed E-state index contributed by atoms with van der Waals surface area (Å²) in [6, 6.07) is 0. The Morgan fingerprint density at radius 2 is 2.04 bits per heavy atom. The second-order valence-electron chi connectivity index (χ2n) is 9.07. The van der Waals surface area contributed by atoms with Gasteiger partial charge in [0.05, 0.1) is 24.9 Å². The highest BCUT2D eigenvalue weighted by atomic mass is 16.6. The molecule has 0 aromatic heterocycles. The van der Waals surface area contributed by atoms with E-state index in [1.165, 1.54) is 6.42 Å². The highest BCUT2D eigenvalue weighted by Gasteiger charge is 2.78. The van der Waals surface area contributed by atoms with Crippen LogP contribution >= 0.6 is 0 Å². The maximum Gasteiger partial charge on any atom is 0.151 e. The molecule has 5 aliphatic rings. The smallest absolute Gasteiger partial charge is 0.151 e. The summed E-state index contributed by atoms with van der Waals surface area (Å²) in [4.78, 5) is 0. The molecule has 25 heavy (non-hydrogen) atoms. The molecule has 3 heterocycles. The van der Waals surface area contributed by atoms with Gasteiger partial charge in [0.1, 0.15) is 17.3 Å². The predicted molar refractivity (Wildman–Crippen MR) is 87.6 cm³/mol. The fourth-order valence-electron chi connectivity index (χ4n) is 6.47. The Morgan fingerprint density at radius 1 is 1.20 bits per heavy atom. The lowest BCUT2D eigenvalue weighted by molar-refractivity contribution is -0.447. The van der Waals surface area contributed by atoms with Crippen molar-refractivity contribution in [1.29, 1.82) is 0 Å². The van der Waals surface area contributed by atoms with Crippen LogP contribution in [-0.4, -0.2) is 63.8 Å². The van der Waals surface area contributed by atoms with E-state index in [1.807, 2.05) is 0 Å². The van der Waals surface area contributed by atoms with Crippen LogP contribution in [0.4, 0.5) is 0 Å². The van der Waals surface area contributed by atoms with Crippen LogP contribution in [0.3, 0.4) is 0 Å². The quantitative estimate of drug-likeness (QED) is 0.654. The fraction of sp³-hybridized carbons (Fsp3) is 1.00. The van der Waals surface area contributed by atoms with E-state index >= 15 is 0 Å². The Labute approximate surface area is 148 Å². The number of aliphatic hydroxyl groups excluding tert-OH is 2. The second-order valence-corrected chi connectivity index (χ2v) is 9.07. The lowest BCUT2D eigenvalue weighted by atomic mass is 9.48. The summed E-state index contributed by atoms with van der Waals surface area (Å²) in [7, 11) is 0. The van der Waals surface area contributed by atoms with Gasteiger partial charge in [-0.1, -0.05) is 0 Å². The van der Waals surface area contributed by atoms with E-state index in [4.69, 9.17) is 14.2 Å². The monoisotopic (exact) mass is 354 g/mol. The topological polar surface area (TPSA) is 88.4 Å². The first kappa shape index (κ1) is 16.9. The first-order valence-electron chi connectivity index (χ1n) is 9.96. The Morgan fingerprint density at radius 3 is 2.80 bits per heavy atom. The van der Waals surface area contributed by atoms with Crippen LogP contribution < -0.4 is 0 Å². The van der Waals surface area contributed by atoms with Gasteiger partial charge in [-0.2, -0.15) is 0 Å². The predicted octanol–water partition coefficient (Wildman–Crippen LogP) is 0.958. The average Bonchev–Trinajstić information content (AvgIpc) is 2.83. The van der Waals surface area contributed by atoms with Gasteiger partial charge in [-0.3, -0.25) is 0 Å². The molecule has 6 nitrogen and oxygen atoms in total. The molecule has 5 rings (SSSR count). The zero-order chi connectivity index (χ0) is 17.4. The van der Waals surface area contributed by atoms with Crippen molar-refractivity contribution in [2.75, 3.05) is 6.61 Å². The average molecular weight is 354 g/mol. The lowest BCUT2D eigenvalue weighted by Gasteiger charge is -2.73. The molecule has 2 bridgehead atoms. The molecule has 10 atom stereocenters. The van der Waals surface area contributed by atoms with E-state index in [2.05, 4.69) is 0 Å². The molecule has 5 fully saturated rings. The molecule has 6 unspecified atom stereocenters. The van der Waals surface area contributed by atoms with Crippen molar-refractivity contribution >= 4 is 0 Å². The summed E-state index contributed by atoms with van der Waals surface area (Å²) in [5.74, 6) is 1.33. The normalized spacial score (nSPS) is 57.8. The van der Waals surface area contributed by atoms with Gasteiger partial charge in [0.2, 0.25) is 0 Å². The molecule has 6 heteroatoms. The number of hydrogen-bond acceptors (Lipinski definition) is 6. The molecule has 0 amide bonds. The van der Waals surface area contributed by atoms with Gasteiger partial charge < -0.3 is 29.5 Å². The van der Waals surface area contributed by atoms with Gasteiger partial charge in [0, 0.05) is 12.3 Å². The van der Waals surface area contributed by atoms with Crippen LogP contribution in [0, 0.1) is 17.8 Å². The third-order valence-corrected chi connectivity index (χ3v) is 7.82. The second kappa shape index (κ2) is 5.63. The molecule has 2 saturated carbocycles. The fourth-order valence-corrected chi connectivity index (χ4v) is 6.47. The minimum Gasteiger partial charge on any atom is -0.393 e. The summed E-state index contributed by atoms with van der Waals surface area (Å²) < 4.78 is 17.7. The summed E-state index contributed by atoms with van der Waals surface area (Å²) in [5, 5.41) is 31.0. The highest BCUT2D eigenvalue weighted by molar-refractivity contribution is 5.27. The zero-order valence-corrected chi connectivity index (χ0v) is 14.8. The molecule has 1 spiro atoms. The molecule has 0 radical (unpaired) electrons. The van der Waals surface area contributed by atoms with Crippen LogP contribution in [0.5, 0.6) is 0 Å². The van der Waals surface area contributed by atoms with Crippen molar-refractivity contribution in [3.05, 3.63) is 0 Å². The Balaban J connectivity index is 1.35. The molecule has 0 aromatic carbocycles. The summed E-state index contributed by atoms with van der Waals surface area (Å²) in [6.45, 7) is 1.78. The molecular weight excluding hydrogens is 324 g/mol. The first-order chi connectivity index (χ1) is 11.9. The van der Waals surface area contributed by atoms with Gasteiger partial charge >= 0.3 is 0 Å². The number of ether oxygens (including phenoxy) is 3. The maximum atomic E-state index is 11.2. The summed E-state index contributed by atoms with van der Waals surface area (Å²) in [5.41, 5.74) is -1.42. The maximum absolute atomic E-state index is 11.2. The highest BCUT2D eigenvalue weighted by Crippen LogP contribution is 2.66. The number of rotatable bonds is 3. The first-order valence-corrected chi connectivity index (χ1v) is 9.96. The molecule has 3 aliphatic heterocycles. The molecule has 2 aliphatic carbocycles.